The highest BCUT2D eigenvalue weighted by atomic mass is 16.4. The van der Waals surface area contributed by atoms with Crippen LogP contribution in [0.3, 0.4) is 0 Å². The van der Waals surface area contributed by atoms with Gasteiger partial charge >= 0.3 is 5.97 Å². The topological polar surface area (TPSA) is 116 Å². The van der Waals surface area contributed by atoms with Crippen LogP contribution in [0, 0.1) is 35.5 Å². The molecule has 0 radical (unpaired) electrons. The van der Waals surface area contributed by atoms with E-state index in [4.69, 9.17) is 10.2 Å². The number of carbonyl (C=O) groups excluding carboxylic acids is 2. The van der Waals surface area contributed by atoms with E-state index in [1.54, 1.807) is 0 Å². The summed E-state index contributed by atoms with van der Waals surface area (Å²) in [4.78, 5) is 34.1. The zero-order chi connectivity index (χ0) is 22.5. The van der Waals surface area contributed by atoms with Gasteiger partial charge in [0.1, 0.15) is 0 Å². The molecule has 0 unspecified atom stereocenters. The van der Waals surface area contributed by atoms with Crippen molar-refractivity contribution in [1.82, 2.24) is 10.6 Å². The molecule has 0 aliphatic heterocycles. The molecule has 2 amide bonds. The molecule has 0 bridgehead atoms. The number of hydrogen-bond donors (Lipinski definition) is 4. The van der Waals surface area contributed by atoms with E-state index < -0.39 is 11.9 Å². The predicted molar refractivity (Wildman–Crippen MR) is 117 cm³/mol. The molecular formula is C24H40N2O5. The molecule has 4 N–H and O–H groups in total. The van der Waals surface area contributed by atoms with E-state index in [0.717, 1.165) is 38.0 Å². The van der Waals surface area contributed by atoms with Crippen LogP contribution >= 0.6 is 0 Å². The van der Waals surface area contributed by atoms with E-state index in [1.807, 2.05) is 0 Å². The van der Waals surface area contributed by atoms with Gasteiger partial charge in [-0.1, -0.05) is 26.7 Å². The summed E-state index contributed by atoms with van der Waals surface area (Å²) in [5.74, 6) is 0.285. The lowest BCUT2D eigenvalue weighted by Gasteiger charge is -2.29. The van der Waals surface area contributed by atoms with Crippen molar-refractivity contribution in [2.24, 2.45) is 35.5 Å². The van der Waals surface area contributed by atoms with E-state index in [9.17, 15) is 14.4 Å². The molecule has 0 spiro atoms. The highest BCUT2D eigenvalue weighted by Gasteiger charge is 2.48. The Bertz CT molecular complexity index is 646. The van der Waals surface area contributed by atoms with Crippen LogP contribution in [0.5, 0.6) is 0 Å². The van der Waals surface area contributed by atoms with Gasteiger partial charge in [-0.3, -0.25) is 14.4 Å². The summed E-state index contributed by atoms with van der Waals surface area (Å²) in [5.41, 5.74) is 0. The molecule has 7 nitrogen and oxygen atoms in total. The van der Waals surface area contributed by atoms with Gasteiger partial charge in [0, 0.05) is 24.6 Å². The normalized spacial score (nSPS) is 38.8. The minimum absolute atomic E-state index is 0.0499. The van der Waals surface area contributed by atoms with Gasteiger partial charge < -0.3 is 20.8 Å². The molecule has 0 heterocycles. The van der Waals surface area contributed by atoms with Gasteiger partial charge in [-0.25, -0.2) is 0 Å². The summed E-state index contributed by atoms with van der Waals surface area (Å²) in [6.45, 7) is 4.60. The molecule has 0 aromatic rings. The Morgan fingerprint density at radius 2 is 1.45 bits per heavy atom. The van der Waals surface area contributed by atoms with Crippen molar-refractivity contribution in [1.29, 1.82) is 0 Å². The third kappa shape index (κ3) is 6.93. The number of rotatable bonds is 6. The molecule has 4 aliphatic carbocycles. The highest BCUT2D eigenvalue weighted by molar-refractivity contribution is 5.89. The average Bonchev–Trinajstić information content (AvgIpc) is 3.64. The van der Waals surface area contributed by atoms with Crippen LogP contribution in [0.2, 0.25) is 0 Å². The van der Waals surface area contributed by atoms with Gasteiger partial charge in [0.25, 0.3) is 0 Å². The van der Waals surface area contributed by atoms with Gasteiger partial charge in [0.15, 0.2) is 0 Å². The maximum absolute atomic E-state index is 11.8. The van der Waals surface area contributed by atoms with Crippen LogP contribution in [0.25, 0.3) is 0 Å². The molecule has 176 valence electrons. The number of carbonyl (C=O) groups is 3. The summed E-state index contributed by atoms with van der Waals surface area (Å²) in [6.07, 6.45) is 10.7. The molecule has 4 fully saturated rings. The van der Waals surface area contributed by atoms with Crippen molar-refractivity contribution < 1.29 is 24.6 Å². The molecule has 0 aromatic carbocycles. The maximum Gasteiger partial charge on any atom is 0.307 e. The Morgan fingerprint density at radius 1 is 0.806 bits per heavy atom. The zero-order valence-corrected chi connectivity index (χ0v) is 19.0. The van der Waals surface area contributed by atoms with E-state index in [1.165, 1.54) is 25.7 Å². The number of amides is 2. The highest BCUT2D eigenvalue weighted by Crippen LogP contribution is 2.39. The zero-order valence-electron chi connectivity index (χ0n) is 19.0. The maximum atomic E-state index is 11.8. The monoisotopic (exact) mass is 436 g/mol. The van der Waals surface area contributed by atoms with Gasteiger partial charge in [-0.15, -0.1) is 0 Å². The first-order valence-corrected chi connectivity index (χ1v) is 12.2. The van der Waals surface area contributed by atoms with E-state index in [2.05, 4.69) is 24.5 Å². The number of carboxylic acids is 1. The standard InChI is InChI=1S/C12H19NO3.C12H21NO2/c1-7-4-2-3-5-10(7)13-11(14)8-6-9(8)12(15)16;1-8-2-4-10(5-3-8)13-12(15)11-6-9(11)7-14/h7-10H,2-6H2,1H3,(H,13,14)(H,15,16);8-11,14H,2-7H2,1H3,(H,13,15)/t7-,8-,9-,10-;8?,9-,10?,11+/m10/s1. The van der Waals surface area contributed by atoms with Gasteiger partial charge in [-0.05, 0) is 69.1 Å². The van der Waals surface area contributed by atoms with Gasteiger partial charge in [0.2, 0.25) is 11.8 Å². The minimum Gasteiger partial charge on any atom is -0.481 e. The number of aliphatic hydroxyl groups excluding tert-OH is 1. The molecule has 4 rings (SSSR count). The van der Waals surface area contributed by atoms with Crippen molar-refractivity contribution in [3.05, 3.63) is 0 Å². The minimum atomic E-state index is -0.836. The lowest BCUT2D eigenvalue weighted by Crippen LogP contribution is -2.42. The van der Waals surface area contributed by atoms with Crippen molar-refractivity contribution in [3.8, 4) is 0 Å². The van der Waals surface area contributed by atoms with Crippen LogP contribution in [-0.4, -0.2) is 46.7 Å². The molecule has 4 aliphatic rings. The van der Waals surface area contributed by atoms with Gasteiger partial charge in [0.05, 0.1) is 11.8 Å². The summed E-state index contributed by atoms with van der Waals surface area (Å²) in [7, 11) is 0. The Balaban J connectivity index is 0.000000176. The molecular weight excluding hydrogens is 396 g/mol. The van der Waals surface area contributed by atoms with Crippen molar-refractivity contribution in [2.75, 3.05) is 6.61 Å². The fourth-order valence-corrected chi connectivity index (χ4v) is 5.06. The first-order valence-electron chi connectivity index (χ1n) is 12.2. The van der Waals surface area contributed by atoms with E-state index >= 15 is 0 Å². The third-order valence-corrected chi connectivity index (χ3v) is 7.74. The van der Waals surface area contributed by atoms with Gasteiger partial charge in [-0.2, -0.15) is 0 Å². The van der Waals surface area contributed by atoms with Crippen molar-refractivity contribution >= 4 is 17.8 Å². The Labute approximate surface area is 185 Å². The van der Waals surface area contributed by atoms with Crippen LogP contribution in [-0.2, 0) is 14.4 Å². The van der Waals surface area contributed by atoms with E-state index in [-0.39, 0.29) is 42.2 Å². The first kappa shape index (κ1) is 24.0. The summed E-state index contributed by atoms with van der Waals surface area (Å²) < 4.78 is 0. The predicted octanol–water partition coefficient (Wildman–Crippen LogP) is 2.71. The van der Waals surface area contributed by atoms with Crippen LogP contribution in [0.4, 0.5) is 0 Å². The molecule has 0 aromatic heterocycles. The molecule has 7 heteroatoms. The Hall–Kier alpha value is -1.63. The largest absolute Gasteiger partial charge is 0.481 e. The number of nitrogens with one attached hydrogen (secondary N) is 2. The molecule has 4 saturated carbocycles. The summed E-state index contributed by atoms with van der Waals surface area (Å²) in [6, 6.07) is 0.657. The van der Waals surface area contributed by atoms with Crippen molar-refractivity contribution in [3.63, 3.8) is 0 Å². The summed E-state index contributed by atoms with van der Waals surface area (Å²) >= 11 is 0. The van der Waals surface area contributed by atoms with Crippen molar-refractivity contribution in [2.45, 2.75) is 90.1 Å². The average molecular weight is 437 g/mol. The first-order chi connectivity index (χ1) is 14.8. The third-order valence-electron chi connectivity index (χ3n) is 7.74. The quantitative estimate of drug-likeness (QED) is 0.511. The fraction of sp³-hybridized carbons (Fsp3) is 0.875. The molecule has 0 saturated heterocycles. The summed E-state index contributed by atoms with van der Waals surface area (Å²) in [5, 5.41) is 23.8. The molecule has 6 atom stereocenters. The second-order valence-corrected chi connectivity index (χ2v) is 10.4. The van der Waals surface area contributed by atoms with Crippen LogP contribution in [0.1, 0.15) is 78.1 Å². The number of carboxylic acid groups (broad SMARTS) is 1. The molecule has 31 heavy (non-hydrogen) atoms. The second-order valence-electron chi connectivity index (χ2n) is 10.4. The van der Waals surface area contributed by atoms with E-state index in [0.29, 0.717) is 18.4 Å². The lowest BCUT2D eigenvalue weighted by atomic mass is 9.86. The number of aliphatic hydroxyl groups is 1. The number of aliphatic carboxylic acids is 1. The lowest BCUT2D eigenvalue weighted by molar-refractivity contribution is -0.140. The Kier molecular flexibility index (Phi) is 8.36. The number of hydrogen-bond acceptors (Lipinski definition) is 4. The van der Waals surface area contributed by atoms with Crippen LogP contribution < -0.4 is 10.6 Å². The Morgan fingerprint density at radius 3 is 2.00 bits per heavy atom. The SMILES string of the molecule is CC1CCC(NC(=O)[C@@H]2C[C@H]2CO)CC1.C[C@@H]1CCCC[C@H]1NC(=O)[C@@H]1C[C@H]1C(=O)O. The fourth-order valence-electron chi connectivity index (χ4n) is 5.06. The smallest absolute Gasteiger partial charge is 0.307 e. The van der Waals surface area contributed by atoms with Crippen LogP contribution in [0.15, 0.2) is 0 Å². The second kappa shape index (κ2) is 10.8.